The molecular weight excluding hydrogens is 373 g/mol. The van der Waals surface area contributed by atoms with E-state index in [2.05, 4.69) is 59.9 Å². The maximum Gasteiger partial charge on any atom is 0.259 e. The Balaban J connectivity index is 1.95. The van der Waals surface area contributed by atoms with Crippen LogP contribution in [0.25, 0.3) is 6.08 Å². The Bertz CT molecular complexity index is 665. The van der Waals surface area contributed by atoms with Crippen molar-refractivity contribution in [2.45, 2.75) is 71.2 Å². The summed E-state index contributed by atoms with van der Waals surface area (Å²) in [5.41, 5.74) is 0.822. The Morgan fingerprint density at radius 2 is 2.04 bits per heavy atom. The second kappa shape index (κ2) is 10.8. The van der Waals surface area contributed by atoms with Gasteiger partial charge in [0.25, 0.3) is 8.53 Å². The van der Waals surface area contributed by atoms with E-state index in [1.807, 2.05) is 13.1 Å². The van der Waals surface area contributed by atoms with Crippen LogP contribution >= 0.6 is 8.53 Å². The third kappa shape index (κ3) is 5.96. The van der Waals surface area contributed by atoms with Gasteiger partial charge in [-0.05, 0) is 52.7 Å². The van der Waals surface area contributed by atoms with E-state index in [1.54, 1.807) is 12.3 Å². The normalized spacial score (nSPS) is 20.1. The molecule has 1 heterocycles. The predicted molar refractivity (Wildman–Crippen MR) is 114 cm³/mol. The summed E-state index contributed by atoms with van der Waals surface area (Å²) in [7, 11) is 0.828. The zero-order valence-corrected chi connectivity index (χ0v) is 18.5. The van der Waals surface area contributed by atoms with Gasteiger partial charge < -0.3 is 13.9 Å². The van der Waals surface area contributed by atoms with Crippen molar-refractivity contribution in [1.29, 1.82) is 5.26 Å². The minimum Gasteiger partial charge on any atom is -0.341 e. The highest BCUT2D eigenvalue weighted by atomic mass is 31.2. The first kappa shape index (κ1) is 22.7. The van der Waals surface area contributed by atoms with Crippen LogP contribution in [0.3, 0.4) is 0 Å². The van der Waals surface area contributed by atoms with Gasteiger partial charge in [-0.25, -0.2) is 14.6 Å². The van der Waals surface area contributed by atoms with Crippen LogP contribution < -0.4 is 4.90 Å². The fourth-order valence-corrected chi connectivity index (χ4v) is 4.90. The van der Waals surface area contributed by atoms with Crippen LogP contribution in [0.15, 0.2) is 18.8 Å². The lowest BCUT2D eigenvalue weighted by atomic mass is 9.88. The van der Waals surface area contributed by atoms with E-state index in [9.17, 15) is 0 Å². The molecule has 0 radical (unpaired) electrons. The van der Waals surface area contributed by atoms with Crippen molar-refractivity contribution in [3.8, 4) is 6.07 Å². The minimum atomic E-state index is -1.19. The third-order valence-electron chi connectivity index (χ3n) is 4.71. The molecule has 1 saturated carbocycles. The molecule has 0 N–H and O–H groups in total. The van der Waals surface area contributed by atoms with Gasteiger partial charge in [-0.1, -0.05) is 6.58 Å². The Morgan fingerprint density at radius 3 is 2.61 bits per heavy atom. The summed E-state index contributed by atoms with van der Waals surface area (Å²) in [6.07, 6.45) is 5.81. The maximum absolute atomic E-state index is 8.82. The van der Waals surface area contributed by atoms with E-state index >= 15 is 0 Å². The van der Waals surface area contributed by atoms with Gasteiger partial charge in [0.2, 0.25) is 5.95 Å². The minimum absolute atomic E-state index is 0.142. The zero-order valence-electron chi connectivity index (χ0n) is 17.6. The molecule has 154 valence electrons. The molecular formula is C20H32N5O2P. The third-order valence-corrected chi connectivity index (χ3v) is 6.89. The number of hydrogen-bond donors (Lipinski definition) is 0. The van der Waals surface area contributed by atoms with Crippen molar-refractivity contribution < 1.29 is 9.05 Å². The number of nitrogens with zero attached hydrogens (tertiary/aromatic N) is 5. The van der Waals surface area contributed by atoms with E-state index in [1.165, 1.54) is 0 Å². The molecule has 28 heavy (non-hydrogen) atoms. The van der Waals surface area contributed by atoms with Gasteiger partial charge in [0.15, 0.2) is 0 Å². The fraction of sp³-hybridized carbons (Fsp3) is 0.650. The lowest BCUT2D eigenvalue weighted by molar-refractivity contribution is 0.0689. The smallest absolute Gasteiger partial charge is 0.259 e. The second-order valence-electron chi connectivity index (χ2n) is 7.50. The van der Waals surface area contributed by atoms with Crippen LogP contribution in [0.1, 0.15) is 52.7 Å². The van der Waals surface area contributed by atoms with Gasteiger partial charge in [0.05, 0.1) is 30.9 Å². The monoisotopic (exact) mass is 405 g/mol. The standard InChI is InChI=1S/C20H32N5O2P/c1-7-17-9-11-22-20(23-17)24(6)18-13-19(14-18)27-28(26-12-8-10-21)25(15(2)3)16(4)5/h7,9,11,15-16,18-19H,1,8,12-14H2,2-6H3. The van der Waals surface area contributed by atoms with Crippen LogP contribution in [0.2, 0.25) is 0 Å². The summed E-state index contributed by atoms with van der Waals surface area (Å²) >= 11 is 0. The van der Waals surface area contributed by atoms with E-state index in [0.717, 1.165) is 18.5 Å². The lowest BCUT2D eigenvalue weighted by Crippen LogP contribution is -2.47. The summed E-state index contributed by atoms with van der Waals surface area (Å²) in [5, 5.41) is 8.82. The quantitative estimate of drug-likeness (QED) is 0.399. The maximum atomic E-state index is 8.82. The van der Waals surface area contributed by atoms with E-state index in [-0.39, 0.29) is 6.10 Å². The average Bonchev–Trinajstić information content (AvgIpc) is 2.63. The molecule has 0 spiro atoms. The van der Waals surface area contributed by atoms with Crippen molar-refractivity contribution in [2.24, 2.45) is 0 Å². The lowest BCUT2D eigenvalue weighted by Gasteiger charge is -2.44. The van der Waals surface area contributed by atoms with Crippen molar-refractivity contribution in [2.75, 3.05) is 18.6 Å². The fourth-order valence-electron chi connectivity index (χ4n) is 3.17. The van der Waals surface area contributed by atoms with Crippen molar-refractivity contribution in [3.05, 3.63) is 24.5 Å². The van der Waals surface area contributed by atoms with Gasteiger partial charge in [-0.15, -0.1) is 0 Å². The Hall–Kier alpha value is -1.58. The van der Waals surface area contributed by atoms with Gasteiger partial charge in [0.1, 0.15) is 0 Å². The molecule has 0 amide bonds. The number of aromatic nitrogens is 2. The van der Waals surface area contributed by atoms with Gasteiger partial charge in [-0.2, -0.15) is 5.26 Å². The van der Waals surface area contributed by atoms with Crippen LogP contribution in [-0.4, -0.2) is 52.5 Å². The molecule has 8 heteroatoms. The molecule has 7 nitrogen and oxygen atoms in total. The largest absolute Gasteiger partial charge is 0.341 e. The SMILES string of the molecule is C=Cc1ccnc(N(C)C2CC(OP(OCCC#N)N(C(C)C)C(C)C)C2)n1. The molecule has 1 atom stereocenters. The van der Waals surface area contributed by atoms with Gasteiger partial charge in [-0.3, -0.25) is 0 Å². The molecule has 0 bridgehead atoms. The summed E-state index contributed by atoms with van der Waals surface area (Å²) in [6.45, 7) is 12.8. The Labute approximate surface area is 170 Å². The Morgan fingerprint density at radius 1 is 1.36 bits per heavy atom. The van der Waals surface area contributed by atoms with Gasteiger partial charge in [0, 0.05) is 31.4 Å². The molecule has 1 aliphatic carbocycles. The first-order valence-corrected chi connectivity index (χ1v) is 10.9. The number of hydrogen-bond acceptors (Lipinski definition) is 7. The summed E-state index contributed by atoms with van der Waals surface area (Å²) in [5.74, 6) is 0.708. The molecule has 1 aromatic heterocycles. The molecule has 1 aliphatic rings. The molecule has 0 aromatic carbocycles. The summed E-state index contributed by atoms with van der Waals surface area (Å²) in [6, 6.07) is 4.93. The summed E-state index contributed by atoms with van der Waals surface area (Å²) < 4.78 is 14.6. The number of rotatable bonds is 11. The highest BCUT2D eigenvalue weighted by Crippen LogP contribution is 2.50. The number of nitriles is 1. The van der Waals surface area contributed by atoms with Crippen LogP contribution in [-0.2, 0) is 9.05 Å². The van der Waals surface area contributed by atoms with E-state index in [4.69, 9.17) is 14.3 Å². The zero-order chi connectivity index (χ0) is 20.7. The van der Waals surface area contributed by atoms with Crippen LogP contribution in [0, 0.1) is 11.3 Å². The molecule has 1 aromatic rings. The highest BCUT2D eigenvalue weighted by Gasteiger charge is 2.38. The van der Waals surface area contributed by atoms with Crippen LogP contribution in [0.4, 0.5) is 5.95 Å². The van der Waals surface area contributed by atoms with Crippen molar-refractivity contribution in [1.82, 2.24) is 14.6 Å². The van der Waals surface area contributed by atoms with Crippen molar-refractivity contribution in [3.63, 3.8) is 0 Å². The first-order chi connectivity index (χ1) is 13.4. The van der Waals surface area contributed by atoms with Crippen molar-refractivity contribution >= 4 is 20.6 Å². The average molecular weight is 405 g/mol. The molecule has 0 aliphatic heterocycles. The van der Waals surface area contributed by atoms with Crippen LogP contribution in [0.5, 0.6) is 0 Å². The highest BCUT2D eigenvalue weighted by molar-refractivity contribution is 7.44. The first-order valence-electron chi connectivity index (χ1n) is 9.80. The topological polar surface area (TPSA) is 74.5 Å². The molecule has 1 fully saturated rings. The Kier molecular flexibility index (Phi) is 8.78. The van der Waals surface area contributed by atoms with E-state index in [0.29, 0.717) is 37.1 Å². The van der Waals surface area contributed by atoms with Gasteiger partial charge >= 0.3 is 0 Å². The molecule has 1 unspecified atom stereocenters. The molecule has 2 rings (SSSR count). The van der Waals surface area contributed by atoms with E-state index < -0.39 is 8.53 Å². The summed E-state index contributed by atoms with van der Waals surface area (Å²) in [4.78, 5) is 11.0. The second-order valence-corrected chi connectivity index (χ2v) is 8.90. The molecule has 0 saturated heterocycles. The number of anilines is 1. The predicted octanol–water partition coefficient (Wildman–Crippen LogP) is 4.38.